The van der Waals surface area contributed by atoms with Crippen molar-refractivity contribution in [3.05, 3.63) is 142 Å². The van der Waals surface area contributed by atoms with E-state index in [2.05, 4.69) is 9.69 Å². The van der Waals surface area contributed by atoms with E-state index in [1.54, 1.807) is 30.3 Å². The molecular formula is C35H15N5O4. The van der Waals surface area contributed by atoms with Crippen molar-refractivity contribution in [1.29, 1.82) is 5.26 Å². The predicted molar refractivity (Wildman–Crippen MR) is 162 cm³/mol. The van der Waals surface area contributed by atoms with Crippen molar-refractivity contribution in [3.8, 4) is 17.2 Å². The molecule has 0 saturated carbocycles. The van der Waals surface area contributed by atoms with E-state index in [0.29, 0.717) is 28.1 Å². The Hall–Kier alpha value is -6.89. The zero-order valence-electron chi connectivity index (χ0n) is 22.5. The molecule has 0 radical (unpaired) electrons. The van der Waals surface area contributed by atoms with Gasteiger partial charge in [-0.25, -0.2) is 19.5 Å². The molecule has 2 aliphatic heterocycles. The van der Waals surface area contributed by atoms with Gasteiger partial charge < -0.3 is 0 Å². The van der Waals surface area contributed by atoms with Crippen LogP contribution in [0, 0.1) is 24.5 Å². The Morgan fingerprint density at radius 3 is 1.57 bits per heavy atom. The number of rotatable bonds is 3. The third kappa shape index (κ3) is 3.63. The fourth-order valence-electron chi connectivity index (χ4n) is 5.74. The molecule has 0 atom stereocenters. The van der Waals surface area contributed by atoms with Gasteiger partial charge in [-0.1, -0.05) is 36.4 Å². The summed E-state index contributed by atoms with van der Waals surface area (Å²) in [5.74, 6) is -2.56. The van der Waals surface area contributed by atoms with Gasteiger partial charge in [0.2, 0.25) is 0 Å². The molecule has 0 saturated heterocycles. The van der Waals surface area contributed by atoms with Crippen LogP contribution < -0.4 is 9.80 Å². The van der Waals surface area contributed by atoms with Crippen molar-refractivity contribution in [1.82, 2.24) is 0 Å². The quantitative estimate of drug-likeness (QED) is 0.170. The van der Waals surface area contributed by atoms with Gasteiger partial charge in [-0.05, 0) is 65.7 Å². The number of benzene rings is 5. The van der Waals surface area contributed by atoms with E-state index >= 15 is 0 Å². The number of anilines is 2. The van der Waals surface area contributed by atoms with Gasteiger partial charge >= 0.3 is 0 Å². The molecule has 2 heterocycles. The smallest absolute Gasteiger partial charge is 0.266 e. The van der Waals surface area contributed by atoms with Crippen molar-refractivity contribution >= 4 is 57.2 Å². The summed E-state index contributed by atoms with van der Waals surface area (Å²) in [5, 5.41) is 9.62. The van der Waals surface area contributed by atoms with E-state index in [-0.39, 0.29) is 44.4 Å². The molecule has 2 aliphatic rings. The molecule has 0 aromatic heterocycles. The molecule has 204 valence electrons. The molecule has 0 aliphatic carbocycles. The van der Waals surface area contributed by atoms with Gasteiger partial charge in [-0.3, -0.25) is 19.2 Å². The lowest BCUT2D eigenvalue weighted by molar-refractivity contribution is 0.0873. The number of imide groups is 2. The summed E-state index contributed by atoms with van der Waals surface area (Å²) in [7, 11) is 0. The minimum absolute atomic E-state index is 0.129. The molecule has 4 amide bonds. The summed E-state index contributed by atoms with van der Waals surface area (Å²) in [6.07, 6.45) is 0. The fourth-order valence-corrected chi connectivity index (χ4v) is 5.74. The van der Waals surface area contributed by atoms with Gasteiger partial charge in [0.25, 0.3) is 23.6 Å². The standard InChI is InChI=1S/C35H15N5O4/c1-37-21-7-5-20(6-8-21)27-17-28-29-25(32(41)39(34(28)43)23-11-3-19(18-36)4-12-23)15-16-26-30(29)31(27)35(44)40(33(26)42)24-13-9-22(38-2)10-14-24/h3-17H. The SMILES string of the molecule is [C-]#[N+]c1ccc(-c2cc3c4c(ccc5c4c2C(=O)N(c2ccc([N+]#[C-])cc2)C5=O)C(=O)N(c2ccc(C#N)cc2)C3=O)cc1. The van der Waals surface area contributed by atoms with Crippen molar-refractivity contribution in [2.24, 2.45) is 0 Å². The Bertz CT molecular complexity index is 2270. The van der Waals surface area contributed by atoms with E-state index in [1.165, 1.54) is 60.7 Å². The summed E-state index contributed by atoms with van der Waals surface area (Å²) in [5.41, 5.74) is 3.05. The van der Waals surface area contributed by atoms with Crippen molar-refractivity contribution in [3.63, 3.8) is 0 Å². The van der Waals surface area contributed by atoms with Gasteiger partial charge in [0.15, 0.2) is 11.4 Å². The van der Waals surface area contributed by atoms with Crippen LogP contribution in [0.15, 0.2) is 91.0 Å². The minimum Gasteiger partial charge on any atom is -0.268 e. The van der Waals surface area contributed by atoms with Gasteiger partial charge in [-0.15, -0.1) is 0 Å². The van der Waals surface area contributed by atoms with Crippen molar-refractivity contribution < 1.29 is 19.2 Å². The third-order valence-corrected chi connectivity index (χ3v) is 7.80. The summed E-state index contributed by atoms with van der Waals surface area (Å²) in [4.78, 5) is 65.0. The van der Waals surface area contributed by atoms with Gasteiger partial charge in [0, 0.05) is 33.2 Å². The van der Waals surface area contributed by atoms with Crippen LogP contribution in [0.5, 0.6) is 0 Å². The molecule has 9 nitrogen and oxygen atoms in total. The van der Waals surface area contributed by atoms with Crippen LogP contribution in [-0.4, -0.2) is 23.6 Å². The average Bonchev–Trinajstić information content (AvgIpc) is 3.06. The van der Waals surface area contributed by atoms with Crippen LogP contribution in [0.2, 0.25) is 0 Å². The largest absolute Gasteiger partial charge is 0.268 e. The lowest BCUT2D eigenvalue weighted by atomic mass is 9.81. The van der Waals surface area contributed by atoms with E-state index in [1.807, 2.05) is 6.07 Å². The third-order valence-electron chi connectivity index (χ3n) is 7.80. The molecule has 0 N–H and O–H groups in total. The van der Waals surface area contributed by atoms with E-state index < -0.39 is 23.6 Å². The Morgan fingerprint density at radius 1 is 0.545 bits per heavy atom. The number of hydrogen-bond acceptors (Lipinski definition) is 5. The first-order valence-electron chi connectivity index (χ1n) is 13.2. The average molecular weight is 570 g/mol. The second kappa shape index (κ2) is 9.60. The Morgan fingerprint density at radius 2 is 1.02 bits per heavy atom. The second-order valence-corrected chi connectivity index (χ2v) is 10.1. The van der Waals surface area contributed by atoms with Crippen LogP contribution in [-0.2, 0) is 0 Å². The van der Waals surface area contributed by atoms with Gasteiger partial charge in [0.05, 0.1) is 36.0 Å². The second-order valence-electron chi connectivity index (χ2n) is 10.1. The fraction of sp³-hybridized carbons (Fsp3) is 0. The van der Waals surface area contributed by atoms with Crippen LogP contribution in [0.4, 0.5) is 22.7 Å². The summed E-state index contributed by atoms with van der Waals surface area (Å²) in [6.45, 7) is 14.6. The summed E-state index contributed by atoms with van der Waals surface area (Å²) < 4.78 is 0. The number of nitrogens with zero attached hydrogens (tertiary/aromatic N) is 5. The first-order valence-corrected chi connectivity index (χ1v) is 13.2. The number of carbonyl (C=O) groups is 4. The highest BCUT2D eigenvalue weighted by molar-refractivity contribution is 6.43. The Kier molecular flexibility index (Phi) is 5.68. The lowest BCUT2D eigenvalue weighted by Gasteiger charge is -2.33. The van der Waals surface area contributed by atoms with Gasteiger partial charge in [-0.2, -0.15) is 5.26 Å². The molecule has 5 aromatic carbocycles. The van der Waals surface area contributed by atoms with Crippen LogP contribution >= 0.6 is 0 Å². The zero-order chi connectivity index (χ0) is 30.7. The maximum Gasteiger partial charge on any atom is 0.266 e. The van der Waals surface area contributed by atoms with Crippen molar-refractivity contribution in [2.45, 2.75) is 0 Å². The summed E-state index contributed by atoms with van der Waals surface area (Å²) in [6, 6.07) is 25.1. The monoisotopic (exact) mass is 569 g/mol. The summed E-state index contributed by atoms with van der Waals surface area (Å²) >= 11 is 0. The highest BCUT2D eigenvalue weighted by Gasteiger charge is 2.42. The van der Waals surface area contributed by atoms with E-state index in [4.69, 9.17) is 13.1 Å². The van der Waals surface area contributed by atoms with Crippen LogP contribution in [0.3, 0.4) is 0 Å². The molecule has 5 aromatic rings. The minimum atomic E-state index is -0.652. The maximum atomic E-state index is 14.3. The topological polar surface area (TPSA) is 107 Å². The Labute approximate surface area is 250 Å². The van der Waals surface area contributed by atoms with E-state index in [0.717, 1.165) is 9.80 Å². The molecule has 44 heavy (non-hydrogen) atoms. The normalized spacial score (nSPS) is 13.5. The van der Waals surface area contributed by atoms with Crippen LogP contribution in [0.25, 0.3) is 31.6 Å². The number of carbonyl (C=O) groups excluding carboxylic acids is 4. The van der Waals surface area contributed by atoms with Crippen LogP contribution in [0.1, 0.15) is 47.0 Å². The molecule has 9 heteroatoms. The number of hydrogen-bond donors (Lipinski definition) is 0. The first kappa shape index (κ1) is 26.0. The highest BCUT2D eigenvalue weighted by atomic mass is 16.2. The molecule has 0 bridgehead atoms. The Balaban J connectivity index is 1.52. The maximum absolute atomic E-state index is 14.3. The van der Waals surface area contributed by atoms with Gasteiger partial charge in [0.1, 0.15) is 0 Å². The zero-order valence-corrected chi connectivity index (χ0v) is 22.5. The highest BCUT2D eigenvalue weighted by Crippen LogP contribution is 2.44. The molecule has 7 rings (SSSR count). The molecule has 0 fully saturated rings. The molecular weight excluding hydrogens is 554 g/mol. The van der Waals surface area contributed by atoms with Crippen molar-refractivity contribution in [2.75, 3.05) is 9.80 Å². The lowest BCUT2D eigenvalue weighted by Crippen LogP contribution is -2.43. The number of nitriles is 1. The molecule has 0 spiro atoms. The number of amides is 4. The molecule has 0 unspecified atom stereocenters. The predicted octanol–water partition coefficient (Wildman–Crippen LogP) is 7.08. The van der Waals surface area contributed by atoms with E-state index in [9.17, 15) is 24.4 Å². The first-order chi connectivity index (χ1) is 21.4.